The van der Waals surface area contributed by atoms with Gasteiger partial charge in [0.2, 0.25) is 5.91 Å². The maximum atomic E-state index is 12.7. The van der Waals surface area contributed by atoms with Crippen molar-refractivity contribution in [1.82, 2.24) is 14.9 Å². The highest BCUT2D eigenvalue weighted by atomic mass is 16.4. The zero-order valence-corrected chi connectivity index (χ0v) is 14.8. The first kappa shape index (κ1) is 17.1. The first-order chi connectivity index (χ1) is 13.1. The van der Waals surface area contributed by atoms with Crippen LogP contribution in [0.25, 0.3) is 10.9 Å². The minimum atomic E-state index is -1.04. The highest BCUT2D eigenvalue weighted by Crippen LogP contribution is 2.20. The molecule has 138 valence electrons. The van der Waals surface area contributed by atoms with Crippen molar-refractivity contribution in [1.29, 1.82) is 0 Å². The number of anilines is 1. The standard InChI is InChI=1S/C20H20N4O3/c25-19(12-14-13-21-16-5-2-1-4-15(14)16)24-10-8-23(9-11-24)18-7-3-6-17(22-18)20(26)27/h1-7,13,21H,8-12H2,(H,26,27). The van der Waals surface area contributed by atoms with Crippen LogP contribution in [0.5, 0.6) is 0 Å². The Labute approximate surface area is 156 Å². The topological polar surface area (TPSA) is 89.5 Å². The van der Waals surface area contributed by atoms with Crippen LogP contribution in [0, 0.1) is 0 Å². The van der Waals surface area contributed by atoms with Gasteiger partial charge < -0.3 is 19.9 Å². The second kappa shape index (κ2) is 7.11. The molecular formula is C20H20N4O3. The Bertz CT molecular complexity index is 990. The van der Waals surface area contributed by atoms with Gasteiger partial charge in [-0.25, -0.2) is 9.78 Å². The third-order valence-corrected chi connectivity index (χ3v) is 4.93. The third kappa shape index (κ3) is 3.48. The number of fused-ring (bicyclic) bond motifs is 1. The number of carbonyl (C=O) groups excluding carboxylic acids is 1. The molecule has 0 radical (unpaired) electrons. The van der Waals surface area contributed by atoms with E-state index in [1.54, 1.807) is 12.1 Å². The molecule has 2 aromatic heterocycles. The molecule has 7 nitrogen and oxygen atoms in total. The zero-order valence-electron chi connectivity index (χ0n) is 14.8. The SMILES string of the molecule is O=C(O)c1cccc(N2CCN(C(=O)Cc3c[nH]c4ccccc34)CC2)n1. The Morgan fingerprint density at radius 2 is 1.81 bits per heavy atom. The number of pyridine rings is 1. The fraction of sp³-hybridized carbons (Fsp3) is 0.250. The highest BCUT2D eigenvalue weighted by Gasteiger charge is 2.23. The molecule has 3 heterocycles. The Hall–Kier alpha value is -3.35. The van der Waals surface area contributed by atoms with Crippen molar-refractivity contribution < 1.29 is 14.7 Å². The van der Waals surface area contributed by atoms with E-state index in [1.165, 1.54) is 6.07 Å². The number of aromatic nitrogens is 2. The summed E-state index contributed by atoms with van der Waals surface area (Å²) in [5.74, 6) is -0.297. The molecule has 1 fully saturated rings. The molecule has 0 aliphatic carbocycles. The van der Waals surface area contributed by atoms with Gasteiger partial charge in [0.15, 0.2) is 5.69 Å². The van der Waals surface area contributed by atoms with Crippen molar-refractivity contribution >= 4 is 28.6 Å². The van der Waals surface area contributed by atoms with Gasteiger partial charge in [0.05, 0.1) is 6.42 Å². The van der Waals surface area contributed by atoms with Gasteiger partial charge in [0, 0.05) is 43.3 Å². The summed E-state index contributed by atoms with van der Waals surface area (Å²) >= 11 is 0. The number of amides is 1. The first-order valence-electron chi connectivity index (χ1n) is 8.90. The second-order valence-corrected chi connectivity index (χ2v) is 6.59. The van der Waals surface area contributed by atoms with Gasteiger partial charge in [0.1, 0.15) is 5.82 Å². The number of carboxylic acid groups (broad SMARTS) is 1. The molecule has 0 unspecified atom stereocenters. The van der Waals surface area contributed by atoms with Crippen LogP contribution in [-0.4, -0.2) is 58.0 Å². The summed E-state index contributed by atoms with van der Waals surface area (Å²) in [4.78, 5) is 35.0. The molecule has 2 N–H and O–H groups in total. The average molecular weight is 364 g/mol. The zero-order chi connectivity index (χ0) is 18.8. The number of aromatic amines is 1. The second-order valence-electron chi connectivity index (χ2n) is 6.59. The fourth-order valence-electron chi connectivity index (χ4n) is 3.46. The van der Waals surface area contributed by atoms with Crippen molar-refractivity contribution in [3.63, 3.8) is 0 Å². The van der Waals surface area contributed by atoms with Crippen LogP contribution in [0.3, 0.4) is 0 Å². The molecule has 7 heteroatoms. The molecule has 0 saturated carbocycles. The van der Waals surface area contributed by atoms with E-state index in [4.69, 9.17) is 5.11 Å². The minimum Gasteiger partial charge on any atom is -0.477 e. The van der Waals surface area contributed by atoms with Crippen LogP contribution in [0.15, 0.2) is 48.7 Å². The van der Waals surface area contributed by atoms with Gasteiger partial charge in [-0.2, -0.15) is 0 Å². The number of aromatic carboxylic acids is 1. The predicted molar refractivity (Wildman–Crippen MR) is 102 cm³/mol. The monoisotopic (exact) mass is 364 g/mol. The third-order valence-electron chi connectivity index (χ3n) is 4.93. The number of carboxylic acids is 1. The van der Waals surface area contributed by atoms with E-state index >= 15 is 0 Å². The normalized spacial score (nSPS) is 14.5. The summed E-state index contributed by atoms with van der Waals surface area (Å²) in [7, 11) is 0. The van der Waals surface area contributed by atoms with E-state index < -0.39 is 5.97 Å². The summed E-state index contributed by atoms with van der Waals surface area (Å²) in [6.07, 6.45) is 2.27. The molecule has 1 aliphatic heterocycles. The Morgan fingerprint density at radius 3 is 2.59 bits per heavy atom. The molecule has 0 atom stereocenters. The van der Waals surface area contributed by atoms with Crippen molar-refractivity contribution in [2.45, 2.75) is 6.42 Å². The number of carbonyl (C=O) groups is 2. The van der Waals surface area contributed by atoms with Crippen LogP contribution < -0.4 is 4.90 Å². The van der Waals surface area contributed by atoms with Crippen LogP contribution in [0.1, 0.15) is 16.1 Å². The van der Waals surface area contributed by atoms with E-state index in [-0.39, 0.29) is 11.6 Å². The average Bonchev–Trinajstić information content (AvgIpc) is 3.11. The number of benzene rings is 1. The molecule has 4 rings (SSSR count). The van der Waals surface area contributed by atoms with E-state index in [1.807, 2.05) is 40.3 Å². The Kier molecular flexibility index (Phi) is 4.50. The summed E-state index contributed by atoms with van der Waals surface area (Å²) in [6.45, 7) is 2.46. The van der Waals surface area contributed by atoms with Gasteiger partial charge in [-0.3, -0.25) is 4.79 Å². The van der Waals surface area contributed by atoms with Gasteiger partial charge in [-0.15, -0.1) is 0 Å². The van der Waals surface area contributed by atoms with Crippen LogP contribution in [0.2, 0.25) is 0 Å². The van der Waals surface area contributed by atoms with E-state index in [0.29, 0.717) is 38.4 Å². The minimum absolute atomic E-state index is 0.0327. The van der Waals surface area contributed by atoms with Crippen molar-refractivity contribution in [3.8, 4) is 0 Å². The summed E-state index contributed by atoms with van der Waals surface area (Å²) in [6, 6.07) is 12.9. The number of piperazine rings is 1. The molecule has 3 aromatic rings. The molecule has 1 amide bonds. The fourth-order valence-corrected chi connectivity index (χ4v) is 3.46. The summed E-state index contributed by atoms with van der Waals surface area (Å²) < 4.78 is 0. The van der Waals surface area contributed by atoms with Gasteiger partial charge in [-0.1, -0.05) is 24.3 Å². The lowest BCUT2D eigenvalue weighted by Gasteiger charge is -2.35. The van der Waals surface area contributed by atoms with Crippen LogP contribution >= 0.6 is 0 Å². The van der Waals surface area contributed by atoms with E-state index in [9.17, 15) is 9.59 Å². The van der Waals surface area contributed by atoms with Crippen molar-refractivity contribution in [2.24, 2.45) is 0 Å². The lowest BCUT2D eigenvalue weighted by Crippen LogP contribution is -2.49. The maximum Gasteiger partial charge on any atom is 0.354 e. The lowest BCUT2D eigenvalue weighted by molar-refractivity contribution is -0.130. The Balaban J connectivity index is 1.39. The summed E-state index contributed by atoms with van der Waals surface area (Å²) in [5.41, 5.74) is 2.08. The number of nitrogens with one attached hydrogen (secondary N) is 1. The summed E-state index contributed by atoms with van der Waals surface area (Å²) in [5, 5.41) is 10.2. The number of hydrogen-bond acceptors (Lipinski definition) is 4. The first-order valence-corrected chi connectivity index (χ1v) is 8.90. The van der Waals surface area contributed by atoms with E-state index in [0.717, 1.165) is 16.5 Å². The molecule has 1 aromatic carbocycles. The highest BCUT2D eigenvalue weighted by molar-refractivity contribution is 5.89. The number of hydrogen-bond donors (Lipinski definition) is 2. The van der Waals surface area contributed by atoms with Crippen LogP contribution in [-0.2, 0) is 11.2 Å². The molecule has 1 aliphatic rings. The van der Waals surface area contributed by atoms with Crippen molar-refractivity contribution in [3.05, 3.63) is 59.9 Å². The molecule has 0 spiro atoms. The van der Waals surface area contributed by atoms with E-state index in [2.05, 4.69) is 9.97 Å². The molecular weight excluding hydrogens is 344 g/mol. The largest absolute Gasteiger partial charge is 0.477 e. The number of H-pyrrole nitrogens is 1. The van der Waals surface area contributed by atoms with Gasteiger partial charge in [-0.05, 0) is 23.8 Å². The maximum absolute atomic E-state index is 12.7. The number of nitrogens with zero attached hydrogens (tertiary/aromatic N) is 3. The number of para-hydroxylation sites is 1. The molecule has 0 bridgehead atoms. The van der Waals surface area contributed by atoms with Gasteiger partial charge in [0.25, 0.3) is 0 Å². The Morgan fingerprint density at radius 1 is 1.04 bits per heavy atom. The smallest absolute Gasteiger partial charge is 0.354 e. The van der Waals surface area contributed by atoms with Crippen molar-refractivity contribution in [2.75, 3.05) is 31.1 Å². The molecule has 27 heavy (non-hydrogen) atoms. The van der Waals surface area contributed by atoms with Gasteiger partial charge >= 0.3 is 5.97 Å². The number of rotatable bonds is 4. The predicted octanol–water partition coefficient (Wildman–Crippen LogP) is 2.15. The quantitative estimate of drug-likeness (QED) is 0.740. The molecule has 1 saturated heterocycles. The van der Waals surface area contributed by atoms with Crippen LogP contribution in [0.4, 0.5) is 5.82 Å². The lowest BCUT2D eigenvalue weighted by atomic mass is 10.1.